The number of thiocarbonyl (C=S) groups is 1. The third-order valence-electron chi connectivity index (χ3n) is 2.26. The van der Waals surface area contributed by atoms with Crippen LogP contribution in [0.15, 0.2) is 0 Å². The average Bonchev–Trinajstić information content (AvgIpc) is 2.73. The number of nitrogens with zero attached hydrogens (tertiary/aromatic N) is 1. The van der Waals surface area contributed by atoms with Crippen LogP contribution in [-0.2, 0) is 14.3 Å². The first kappa shape index (κ1) is 9.54. The summed E-state index contributed by atoms with van der Waals surface area (Å²) in [5, 5.41) is 2.60. The minimum absolute atomic E-state index is 0.0253. The topological polar surface area (TPSA) is 58.6 Å². The lowest BCUT2D eigenvalue weighted by Crippen LogP contribution is -2.40. The minimum atomic E-state index is -0.416. The summed E-state index contributed by atoms with van der Waals surface area (Å²) in [6.07, 6.45) is 1.19. The monoisotopic (exact) mass is 214 g/mol. The van der Waals surface area contributed by atoms with Gasteiger partial charge in [0.05, 0.1) is 0 Å². The Labute approximate surface area is 86.4 Å². The van der Waals surface area contributed by atoms with E-state index in [1.54, 1.807) is 0 Å². The third-order valence-corrected chi connectivity index (χ3v) is 2.59. The molecule has 0 radical (unpaired) electrons. The van der Waals surface area contributed by atoms with Crippen molar-refractivity contribution in [2.24, 2.45) is 0 Å². The minimum Gasteiger partial charge on any atom is -0.368 e. The summed E-state index contributed by atoms with van der Waals surface area (Å²) in [5.74, 6) is -0.438. The van der Waals surface area contributed by atoms with Crippen LogP contribution in [0, 0.1) is 0 Å². The molecule has 2 fully saturated rings. The van der Waals surface area contributed by atoms with Crippen LogP contribution in [0.1, 0.15) is 12.8 Å². The van der Waals surface area contributed by atoms with E-state index in [1.165, 1.54) is 4.90 Å². The molecule has 0 aromatic carbocycles. The highest BCUT2D eigenvalue weighted by Gasteiger charge is 2.35. The van der Waals surface area contributed by atoms with Crippen molar-refractivity contribution in [3.63, 3.8) is 0 Å². The lowest BCUT2D eigenvalue weighted by molar-refractivity contribution is -0.137. The summed E-state index contributed by atoms with van der Waals surface area (Å²) >= 11 is 4.85. The van der Waals surface area contributed by atoms with Crippen LogP contribution >= 0.6 is 12.2 Å². The predicted molar refractivity (Wildman–Crippen MR) is 51.4 cm³/mol. The molecule has 0 aromatic rings. The molecule has 76 valence electrons. The maximum Gasteiger partial charge on any atom is 0.258 e. The second-order valence-electron chi connectivity index (χ2n) is 3.28. The SMILES string of the molecule is O=C1CN(C(=O)[C@@H]2CCCO2)C(=S)N1. The summed E-state index contributed by atoms with van der Waals surface area (Å²) < 4.78 is 5.22. The predicted octanol–water partition coefficient (Wildman–Crippen LogP) is -0.591. The molecule has 0 aliphatic carbocycles. The maximum atomic E-state index is 11.7. The van der Waals surface area contributed by atoms with Crippen LogP contribution in [-0.4, -0.2) is 41.1 Å². The highest BCUT2D eigenvalue weighted by molar-refractivity contribution is 7.80. The Hall–Kier alpha value is -1.01. The van der Waals surface area contributed by atoms with Crippen molar-refractivity contribution in [1.82, 2.24) is 10.2 Å². The molecule has 2 aliphatic heterocycles. The summed E-state index contributed by atoms with van der Waals surface area (Å²) in [6.45, 7) is 0.635. The van der Waals surface area contributed by atoms with Gasteiger partial charge in [-0.05, 0) is 25.1 Å². The Morgan fingerprint density at radius 3 is 2.93 bits per heavy atom. The van der Waals surface area contributed by atoms with Gasteiger partial charge in [-0.15, -0.1) is 0 Å². The van der Waals surface area contributed by atoms with Gasteiger partial charge < -0.3 is 10.1 Å². The van der Waals surface area contributed by atoms with Crippen molar-refractivity contribution in [3.8, 4) is 0 Å². The van der Waals surface area contributed by atoms with Crippen molar-refractivity contribution < 1.29 is 14.3 Å². The zero-order valence-corrected chi connectivity index (χ0v) is 8.30. The number of carbonyl (C=O) groups is 2. The van der Waals surface area contributed by atoms with Crippen molar-refractivity contribution in [2.45, 2.75) is 18.9 Å². The van der Waals surface area contributed by atoms with E-state index in [2.05, 4.69) is 5.32 Å². The van der Waals surface area contributed by atoms with Gasteiger partial charge in [0.1, 0.15) is 12.6 Å². The lowest BCUT2D eigenvalue weighted by atomic mass is 10.2. The van der Waals surface area contributed by atoms with Crippen LogP contribution < -0.4 is 5.32 Å². The van der Waals surface area contributed by atoms with Crippen molar-refractivity contribution in [3.05, 3.63) is 0 Å². The fourth-order valence-corrected chi connectivity index (χ4v) is 1.83. The second kappa shape index (κ2) is 3.62. The highest BCUT2D eigenvalue weighted by atomic mass is 32.1. The molecule has 2 amide bonds. The largest absolute Gasteiger partial charge is 0.368 e. The summed E-state index contributed by atoms with van der Waals surface area (Å²) in [6, 6.07) is 0. The van der Waals surface area contributed by atoms with E-state index in [4.69, 9.17) is 17.0 Å². The van der Waals surface area contributed by atoms with Gasteiger partial charge in [0.2, 0.25) is 5.91 Å². The van der Waals surface area contributed by atoms with Crippen LogP contribution in [0.3, 0.4) is 0 Å². The van der Waals surface area contributed by atoms with Crippen LogP contribution in [0.4, 0.5) is 0 Å². The molecule has 2 saturated heterocycles. The molecule has 0 saturated carbocycles. The van der Waals surface area contributed by atoms with E-state index in [0.29, 0.717) is 13.0 Å². The number of hydrogen-bond donors (Lipinski definition) is 1. The Balaban J connectivity index is 2.03. The molecule has 1 atom stereocenters. The van der Waals surface area contributed by atoms with E-state index >= 15 is 0 Å². The normalized spacial score (nSPS) is 26.9. The van der Waals surface area contributed by atoms with Gasteiger partial charge in [0.15, 0.2) is 5.11 Å². The van der Waals surface area contributed by atoms with Crippen molar-refractivity contribution >= 4 is 29.1 Å². The molecule has 2 rings (SSSR count). The molecule has 2 heterocycles. The smallest absolute Gasteiger partial charge is 0.258 e. The molecule has 6 heteroatoms. The molecule has 1 N–H and O–H groups in total. The Morgan fingerprint density at radius 1 is 1.64 bits per heavy atom. The Kier molecular flexibility index (Phi) is 2.47. The average molecular weight is 214 g/mol. The van der Waals surface area contributed by atoms with Crippen LogP contribution in [0.25, 0.3) is 0 Å². The van der Waals surface area contributed by atoms with Crippen molar-refractivity contribution in [1.29, 1.82) is 0 Å². The fraction of sp³-hybridized carbons (Fsp3) is 0.625. The lowest BCUT2D eigenvalue weighted by Gasteiger charge is -2.17. The number of ether oxygens (including phenoxy) is 1. The van der Waals surface area contributed by atoms with Gasteiger partial charge in [-0.3, -0.25) is 14.5 Å². The molecule has 0 spiro atoms. The first-order valence-corrected chi connectivity index (χ1v) is 4.86. The standard InChI is InChI=1S/C8H10N2O3S/c11-6-4-10(8(14)9-6)7(12)5-2-1-3-13-5/h5H,1-4H2,(H,9,11,14)/t5-/m0/s1. The quantitative estimate of drug-likeness (QED) is 0.593. The van der Waals surface area contributed by atoms with Gasteiger partial charge in [0, 0.05) is 6.61 Å². The molecule has 2 aliphatic rings. The Bertz CT molecular complexity index is 299. The highest BCUT2D eigenvalue weighted by Crippen LogP contribution is 2.15. The zero-order chi connectivity index (χ0) is 10.1. The molecular formula is C8H10N2O3S. The molecule has 0 aromatic heterocycles. The fourth-order valence-electron chi connectivity index (χ4n) is 1.57. The van der Waals surface area contributed by atoms with Crippen LogP contribution in [0.5, 0.6) is 0 Å². The molecule has 0 unspecified atom stereocenters. The van der Waals surface area contributed by atoms with Gasteiger partial charge in [0.25, 0.3) is 5.91 Å². The third kappa shape index (κ3) is 1.62. The van der Waals surface area contributed by atoms with Gasteiger partial charge in [-0.1, -0.05) is 0 Å². The maximum absolute atomic E-state index is 11.7. The number of carbonyl (C=O) groups excluding carboxylic acids is 2. The van der Waals surface area contributed by atoms with E-state index < -0.39 is 6.10 Å². The van der Waals surface area contributed by atoms with E-state index in [0.717, 1.165) is 6.42 Å². The molecule has 14 heavy (non-hydrogen) atoms. The molecular weight excluding hydrogens is 204 g/mol. The van der Waals surface area contributed by atoms with Gasteiger partial charge >= 0.3 is 0 Å². The number of rotatable bonds is 1. The van der Waals surface area contributed by atoms with E-state index in [-0.39, 0.29) is 23.5 Å². The Morgan fingerprint density at radius 2 is 2.43 bits per heavy atom. The van der Waals surface area contributed by atoms with E-state index in [1.807, 2.05) is 0 Å². The van der Waals surface area contributed by atoms with E-state index in [9.17, 15) is 9.59 Å². The van der Waals surface area contributed by atoms with Crippen molar-refractivity contribution in [2.75, 3.05) is 13.2 Å². The summed E-state index contributed by atoms with van der Waals surface area (Å²) in [5.41, 5.74) is 0. The second-order valence-corrected chi connectivity index (χ2v) is 3.67. The first-order valence-electron chi connectivity index (χ1n) is 4.45. The zero-order valence-electron chi connectivity index (χ0n) is 7.49. The van der Waals surface area contributed by atoms with Crippen LogP contribution in [0.2, 0.25) is 0 Å². The molecule has 0 bridgehead atoms. The number of nitrogens with one attached hydrogen (secondary N) is 1. The number of amides is 2. The first-order chi connectivity index (χ1) is 6.68. The molecule has 5 nitrogen and oxygen atoms in total. The summed E-state index contributed by atoms with van der Waals surface area (Å²) in [7, 11) is 0. The van der Waals surface area contributed by atoms with Gasteiger partial charge in [-0.2, -0.15) is 0 Å². The summed E-state index contributed by atoms with van der Waals surface area (Å²) in [4.78, 5) is 23.9. The van der Waals surface area contributed by atoms with Gasteiger partial charge in [-0.25, -0.2) is 0 Å². The number of hydrogen-bond acceptors (Lipinski definition) is 4.